The number of hydrogen-bond acceptors (Lipinski definition) is 4. The Kier molecular flexibility index (Phi) is 4.77. The summed E-state index contributed by atoms with van der Waals surface area (Å²) in [5, 5.41) is 4.50. The summed E-state index contributed by atoms with van der Waals surface area (Å²) in [6.07, 6.45) is 0.594. The number of benzene rings is 2. The molecule has 8 heteroatoms. The van der Waals surface area contributed by atoms with Crippen molar-refractivity contribution >= 4 is 34.9 Å². The zero-order valence-electron chi connectivity index (χ0n) is 15.0. The van der Waals surface area contributed by atoms with Crippen molar-refractivity contribution in [1.82, 2.24) is 10.7 Å². The molecule has 28 heavy (non-hydrogen) atoms. The first-order chi connectivity index (χ1) is 13.5. The van der Waals surface area contributed by atoms with Crippen LogP contribution in [0.3, 0.4) is 0 Å². The molecule has 0 unspecified atom stereocenters. The molecular weight excluding hydrogens is 383 g/mol. The van der Waals surface area contributed by atoms with Crippen molar-refractivity contribution in [3.05, 3.63) is 64.9 Å². The van der Waals surface area contributed by atoms with Crippen LogP contribution in [0.4, 0.5) is 10.1 Å². The third kappa shape index (κ3) is 3.45. The Hall–Kier alpha value is -2.93. The van der Waals surface area contributed by atoms with Crippen molar-refractivity contribution in [3.8, 4) is 0 Å². The molecule has 1 aliphatic carbocycles. The number of nitrogens with zero attached hydrogens (tertiary/aromatic N) is 2. The molecule has 1 fully saturated rings. The van der Waals surface area contributed by atoms with Gasteiger partial charge >= 0.3 is 0 Å². The van der Waals surface area contributed by atoms with Crippen LogP contribution in [-0.4, -0.2) is 29.7 Å². The number of amidine groups is 1. The lowest BCUT2D eigenvalue weighted by atomic mass is 10.1. The second-order valence-electron chi connectivity index (χ2n) is 6.83. The lowest BCUT2D eigenvalue weighted by molar-refractivity contribution is -0.120. The standard InChI is InChI=1S/C20H18ClFN4O2/c1-11-20(28)26(12-6-3-2-4-7-12)25-18(23-11)19(27)24-16-10-13(16)17-14(21)8-5-9-15(17)22/h2-9,11,13,16H,10H2,1H3,(H,23,25)(H,24,27)/t11-,13-,16+/m0/s1. The second kappa shape index (κ2) is 7.24. The second-order valence-corrected chi connectivity index (χ2v) is 7.24. The summed E-state index contributed by atoms with van der Waals surface area (Å²) in [6, 6.07) is 12.6. The predicted molar refractivity (Wildman–Crippen MR) is 105 cm³/mol. The van der Waals surface area contributed by atoms with Gasteiger partial charge in [-0.3, -0.25) is 15.0 Å². The van der Waals surface area contributed by atoms with Gasteiger partial charge in [0.1, 0.15) is 11.9 Å². The number of nitrogens with one attached hydrogen (secondary N) is 2. The van der Waals surface area contributed by atoms with Crippen molar-refractivity contribution in [2.24, 2.45) is 4.99 Å². The summed E-state index contributed by atoms with van der Waals surface area (Å²) in [7, 11) is 0. The number of anilines is 1. The fourth-order valence-corrected chi connectivity index (χ4v) is 3.58. The SMILES string of the molecule is C[C@@H]1N=C(C(=O)N[C@@H]2C[C@@H]2c2c(F)cccc2Cl)NN(c2ccccc2)C1=O. The van der Waals surface area contributed by atoms with E-state index in [-0.39, 0.29) is 29.5 Å². The molecule has 144 valence electrons. The monoisotopic (exact) mass is 400 g/mol. The third-order valence-corrected chi connectivity index (χ3v) is 5.15. The van der Waals surface area contributed by atoms with Gasteiger partial charge in [-0.2, -0.15) is 0 Å². The molecule has 1 saturated carbocycles. The lowest BCUT2D eigenvalue weighted by Gasteiger charge is -2.30. The van der Waals surface area contributed by atoms with Crippen LogP contribution < -0.4 is 15.8 Å². The Morgan fingerprint density at radius 3 is 2.71 bits per heavy atom. The summed E-state index contributed by atoms with van der Waals surface area (Å²) in [5.74, 6) is -1.21. The summed E-state index contributed by atoms with van der Waals surface area (Å²) >= 11 is 6.10. The Labute approximate surface area is 166 Å². The van der Waals surface area contributed by atoms with E-state index in [1.54, 1.807) is 43.3 Å². The van der Waals surface area contributed by atoms with Gasteiger partial charge in [0.2, 0.25) is 5.84 Å². The number of para-hydroxylation sites is 1. The maximum atomic E-state index is 14.1. The van der Waals surface area contributed by atoms with E-state index in [2.05, 4.69) is 15.7 Å². The molecule has 0 radical (unpaired) electrons. The van der Waals surface area contributed by atoms with Crippen molar-refractivity contribution in [3.63, 3.8) is 0 Å². The molecule has 2 amide bonds. The van der Waals surface area contributed by atoms with Crippen molar-refractivity contribution < 1.29 is 14.0 Å². The summed E-state index contributed by atoms with van der Waals surface area (Å²) in [5.41, 5.74) is 3.81. The number of halogens is 2. The highest BCUT2D eigenvalue weighted by molar-refractivity contribution is 6.39. The minimum atomic E-state index is -0.696. The molecule has 3 atom stereocenters. The quantitative estimate of drug-likeness (QED) is 0.828. The highest BCUT2D eigenvalue weighted by Gasteiger charge is 2.43. The van der Waals surface area contributed by atoms with Crippen LogP contribution in [0.5, 0.6) is 0 Å². The van der Waals surface area contributed by atoms with E-state index in [1.807, 2.05) is 6.07 Å². The topological polar surface area (TPSA) is 73.8 Å². The van der Waals surface area contributed by atoms with Gasteiger partial charge in [0.15, 0.2) is 0 Å². The van der Waals surface area contributed by atoms with Crippen LogP contribution in [0, 0.1) is 5.82 Å². The van der Waals surface area contributed by atoms with E-state index >= 15 is 0 Å². The van der Waals surface area contributed by atoms with E-state index in [1.165, 1.54) is 11.1 Å². The molecular formula is C20H18ClFN4O2. The van der Waals surface area contributed by atoms with Gasteiger partial charge in [0, 0.05) is 22.5 Å². The molecule has 4 rings (SSSR count). The van der Waals surface area contributed by atoms with Crippen LogP contribution in [0.25, 0.3) is 0 Å². The van der Waals surface area contributed by atoms with E-state index in [0.717, 1.165) is 0 Å². The summed E-state index contributed by atoms with van der Waals surface area (Å²) in [6.45, 7) is 1.63. The Morgan fingerprint density at radius 1 is 1.25 bits per heavy atom. The maximum Gasteiger partial charge on any atom is 0.288 e. The average Bonchev–Trinajstić information content (AvgIpc) is 3.42. The molecule has 2 aromatic carbocycles. The number of carbonyl (C=O) groups excluding carboxylic acids is 2. The highest BCUT2D eigenvalue weighted by atomic mass is 35.5. The number of carbonyl (C=O) groups is 2. The van der Waals surface area contributed by atoms with Crippen LogP contribution in [0.1, 0.15) is 24.8 Å². The van der Waals surface area contributed by atoms with Gasteiger partial charge in [0.25, 0.3) is 11.8 Å². The van der Waals surface area contributed by atoms with Crippen LogP contribution in [-0.2, 0) is 9.59 Å². The highest BCUT2D eigenvalue weighted by Crippen LogP contribution is 2.44. The number of amides is 2. The van der Waals surface area contributed by atoms with Gasteiger partial charge in [-0.05, 0) is 37.6 Å². The Morgan fingerprint density at radius 2 is 2.00 bits per heavy atom. The average molecular weight is 401 g/mol. The van der Waals surface area contributed by atoms with Crippen molar-refractivity contribution in [2.45, 2.75) is 31.3 Å². The van der Waals surface area contributed by atoms with Crippen molar-refractivity contribution in [1.29, 1.82) is 0 Å². The molecule has 0 saturated heterocycles. The largest absolute Gasteiger partial charge is 0.346 e. The number of hydrogen-bond donors (Lipinski definition) is 2. The van der Waals surface area contributed by atoms with Crippen LogP contribution in [0.2, 0.25) is 5.02 Å². The van der Waals surface area contributed by atoms with Gasteiger partial charge in [-0.1, -0.05) is 35.9 Å². The van der Waals surface area contributed by atoms with E-state index in [0.29, 0.717) is 22.7 Å². The van der Waals surface area contributed by atoms with Crippen LogP contribution >= 0.6 is 11.6 Å². The van der Waals surface area contributed by atoms with Gasteiger partial charge in [-0.25, -0.2) is 14.4 Å². The molecule has 2 N–H and O–H groups in total. The summed E-state index contributed by atoms with van der Waals surface area (Å²) in [4.78, 5) is 29.2. The predicted octanol–water partition coefficient (Wildman–Crippen LogP) is 2.79. The normalized spacial score (nSPS) is 23.7. The fraction of sp³-hybridized carbons (Fsp3) is 0.250. The van der Waals surface area contributed by atoms with Crippen LogP contribution in [0.15, 0.2) is 53.5 Å². The zero-order valence-corrected chi connectivity index (χ0v) is 15.8. The van der Waals surface area contributed by atoms with E-state index in [9.17, 15) is 14.0 Å². The van der Waals surface area contributed by atoms with Gasteiger partial charge < -0.3 is 5.32 Å². The first-order valence-electron chi connectivity index (χ1n) is 8.94. The smallest absolute Gasteiger partial charge is 0.288 e. The Balaban J connectivity index is 1.47. The lowest BCUT2D eigenvalue weighted by Crippen LogP contribution is -2.58. The molecule has 1 heterocycles. The van der Waals surface area contributed by atoms with Gasteiger partial charge in [0.05, 0.1) is 5.69 Å². The first-order valence-corrected chi connectivity index (χ1v) is 9.31. The number of hydrazine groups is 1. The first kappa shape index (κ1) is 18.4. The molecule has 2 aromatic rings. The minimum Gasteiger partial charge on any atom is -0.346 e. The molecule has 0 bridgehead atoms. The zero-order chi connectivity index (χ0) is 19.8. The summed E-state index contributed by atoms with van der Waals surface area (Å²) < 4.78 is 14.1. The molecule has 0 spiro atoms. The number of rotatable bonds is 4. The van der Waals surface area contributed by atoms with E-state index in [4.69, 9.17) is 11.6 Å². The number of aliphatic imine (C=N–C) groups is 1. The molecule has 2 aliphatic rings. The molecule has 1 aliphatic heterocycles. The maximum absolute atomic E-state index is 14.1. The molecule has 0 aromatic heterocycles. The fourth-order valence-electron chi connectivity index (χ4n) is 3.28. The minimum absolute atomic E-state index is 0.0428. The Bertz CT molecular complexity index is 946. The van der Waals surface area contributed by atoms with Crippen molar-refractivity contribution in [2.75, 3.05) is 5.01 Å². The van der Waals surface area contributed by atoms with E-state index < -0.39 is 11.9 Å². The van der Waals surface area contributed by atoms with Gasteiger partial charge in [-0.15, -0.1) is 0 Å². The molecule has 6 nitrogen and oxygen atoms in total. The third-order valence-electron chi connectivity index (χ3n) is 4.83.